The predicted molar refractivity (Wildman–Crippen MR) is 126 cm³/mol. The lowest BCUT2D eigenvalue weighted by Crippen LogP contribution is -2.18. The van der Waals surface area contributed by atoms with Crippen LogP contribution in [0.3, 0.4) is 0 Å². The van der Waals surface area contributed by atoms with Crippen LogP contribution in [-0.2, 0) is 12.8 Å². The van der Waals surface area contributed by atoms with Gasteiger partial charge < -0.3 is 4.74 Å². The highest BCUT2D eigenvalue weighted by molar-refractivity contribution is 6.03. The van der Waals surface area contributed by atoms with Crippen LogP contribution in [0.4, 0.5) is 13.2 Å². The summed E-state index contributed by atoms with van der Waals surface area (Å²) in [6, 6.07) is 23.6. The van der Waals surface area contributed by atoms with Crippen LogP contribution in [0.2, 0.25) is 0 Å². The molecule has 0 bridgehead atoms. The van der Waals surface area contributed by atoms with Crippen LogP contribution in [-0.4, -0.2) is 12.1 Å². The van der Waals surface area contributed by atoms with Gasteiger partial charge in [0.15, 0.2) is 0 Å². The van der Waals surface area contributed by atoms with Gasteiger partial charge in [0, 0.05) is 11.1 Å². The maximum absolute atomic E-state index is 12.9. The summed E-state index contributed by atoms with van der Waals surface area (Å²) in [5.41, 5.74) is 4.07. The maximum atomic E-state index is 12.9. The van der Waals surface area contributed by atoms with Gasteiger partial charge in [0.2, 0.25) is 0 Å². The van der Waals surface area contributed by atoms with Gasteiger partial charge in [0.05, 0.1) is 11.8 Å². The van der Waals surface area contributed by atoms with Crippen LogP contribution in [0.25, 0.3) is 10.8 Å². The summed E-state index contributed by atoms with van der Waals surface area (Å²) in [7, 11) is 0. The first-order valence-electron chi connectivity index (χ1n) is 10.5. The highest BCUT2D eigenvalue weighted by Crippen LogP contribution is 2.30. The molecule has 4 aromatic carbocycles. The number of carbonyl (C=O) groups is 1. The molecule has 0 aliphatic carbocycles. The van der Waals surface area contributed by atoms with Gasteiger partial charge >= 0.3 is 6.18 Å². The van der Waals surface area contributed by atoms with Crippen molar-refractivity contribution >= 4 is 22.9 Å². The van der Waals surface area contributed by atoms with E-state index in [9.17, 15) is 18.0 Å². The van der Waals surface area contributed by atoms with Crippen molar-refractivity contribution in [1.29, 1.82) is 0 Å². The van der Waals surface area contributed by atoms with Crippen LogP contribution in [0, 0.1) is 6.92 Å². The van der Waals surface area contributed by atoms with E-state index in [0.29, 0.717) is 17.9 Å². The van der Waals surface area contributed by atoms with Gasteiger partial charge in [0.1, 0.15) is 12.4 Å². The molecule has 0 unspecified atom stereocenters. The minimum absolute atomic E-state index is 0.138. The van der Waals surface area contributed by atoms with Crippen molar-refractivity contribution in [3.63, 3.8) is 0 Å². The molecule has 172 valence electrons. The molecule has 0 radical (unpaired) electrons. The third-order valence-corrected chi connectivity index (χ3v) is 5.26. The number of rotatable bonds is 6. The zero-order chi connectivity index (χ0) is 24.1. The van der Waals surface area contributed by atoms with Gasteiger partial charge in [0.25, 0.3) is 5.91 Å². The first kappa shape index (κ1) is 23.0. The Morgan fingerprint density at radius 2 is 1.74 bits per heavy atom. The van der Waals surface area contributed by atoms with Crippen molar-refractivity contribution in [1.82, 2.24) is 5.43 Å². The summed E-state index contributed by atoms with van der Waals surface area (Å²) in [5.74, 6) is -0.180. The summed E-state index contributed by atoms with van der Waals surface area (Å²) in [6.07, 6.45) is -3.09. The van der Waals surface area contributed by atoms with E-state index in [1.54, 1.807) is 0 Å². The van der Waals surface area contributed by atoms with Crippen LogP contribution < -0.4 is 10.2 Å². The molecule has 0 spiro atoms. The molecule has 0 aliphatic rings. The van der Waals surface area contributed by atoms with Crippen molar-refractivity contribution in [3.8, 4) is 5.75 Å². The highest BCUT2D eigenvalue weighted by atomic mass is 19.4. The number of nitrogens with one attached hydrogen (secondary N) is 1. The summed E-state index contributed by atoms with van der Waals surface area (Å²) < 4.78 is 44.8. The lowest BCUT2D eigenvalue weighted by Gasteiger charge is -2.12. The van der Waals surface area contributed by atoms with Crippen molar-refractivity contribution in [2.75, 3.05) is 0 Å². The average molecular weight is 462 g/mol. The van der Waals surface area contributed by atoms with E-state index in [1.807, 2.05) is 67.6 Å². The van der Waals surface area contributed by atoms with E-state index in [0.717, 1.165) is 34.0 Å². The molecule has 1 N–H and O–H groups in total. The minimum Gasteiger partial charge on any atom is -0.488 e. The third-order valence-electron chi connectivity index (χ3n) is 5.26. The number of hydrogen-bond donors (Lipinski definition) is 1. The number of carbonyl (C=O) groups excluding carboxylic acids is 1. The molecule has 4 aromatic rings. The molecule has 0 aromatic heterocycles. The monoisotopic (exact) mass is 462 g/mol. The van der Waals surface area contributed by atoms with Gasteiger partial charge in [-0.25, -0.2) is 5.43 Å². The number of fused-ring (bicyclic) bond motifs is 1. The van der Waals surface area contributed by atoms with E-state index in [-0.39, 0.29) is 5.56 Å². The van der Waals surface area contributed by atoms with Crippen molar-refractivity contribution < 1.29 is 22.7 Å². The molecule has 0 saturated carbocycles. The number of amides is 1. The SMILES string of the molecule is Cc1ccc(COc2ccc3ccccc3c2/C=N\NC(=O)c2cccc(C(F)(F)F)c2)cc1. The molecule has 0 saturated heterocycles. The molecule has 0 fully saturated rings. The van der Waals surface area contributed by atoms with Gasteiger partial charge in [-0.2, -0.15) is 18.3 Å². The third kappa shape index (κ3) is 5.43. The van der Waals surface area contributed by atoms with E-state index < -0.39 is 17.6 Å². The summed E-state index contributed by atoms with van der Waals surface area (Å²) in [6.45, 7) is 2.35. The summed E-state index contributed by atoms with van der Waals surface area (Å²) >= 11 is 0. The van der Waals surface area contributed by atoms with Gasteiger partial charge in [-0.05, 0) is 47.5 Å². The Morgan fingerprint density at radius 3 is 2.50 bits per heavy atom. The molecule has 4 nitrogen and oxygen atoms in total. The maximum Gasteiger partial charge on any atom is 0.416 e. The molecular formula is C27H21F3N2O2. The van der Waals surface area contributed by atoms with E-state index in [1.165, 1.54) is 18.3 Å². The minimum atomic E-state index is -4.54. The predicted octanol–water partition coefficient (Wildman–Crippen LogP) is 6.51. The second-order valence-electron chi connectivity index (χ2n) is 7.75. The van der Waals surface area contributed by atoms with E-state index in [4.69, 9.17) is 4.74 Å². The highest BCUT2D eigenvalue weighted by Gasteiger charge is 2.30. The Bertz CT molecular complexity index is 1350. The van der Waals surface area contributed by atoms with Crippen molar-refractivity contribution in [3.05, 3.63) is 113 Å². The number of hydrogen-bond acceptors (Lipinski definition) is 3. The molecular weight excluding hydrogens is 441 g/mol. The lowest BCUT2D eigenvalue weighted by atomic mass is 10.0. The zero-order valence-electron chi connectivity index (χ0n) is 18.3. The Morgan fingerprint density at radius 1 is 0.971 bits per heavy atom. The van der Waals surface area contributed by atoms with E-state index >= 15 is 0 Å². The number of ether oxygens (including phenoxy) is 1. The van der Waals surface area contributed by atoms with Crippen LogP contribution >= 0.6 is 0 Å². The van der Waals surface area contributed by atoms with Gasteiger partial charge in [-0.1, -0.05) is 66.2 Å². The molecule has 34 heavy (non-hydrogen) atoms. The Hall–Kier alpha value is -4.13. The number of hydrazone groups is 1. The fraction of sp³-hybridized carbons (Fsp3) is 0.111. The smallest absolute Gasteiger partial charge is 0.416 e. The van der Waals surface area contributed by atoms with Crippen LogP contribution in [0.15, 0.2) is 90.0 Å². The quantitative estimate of drug-likeness (QED) is 0.262. The molecule has 4 rings (SSSR count). The van der Waals surface area contributed by atoms with Gasteiger partial charge in [-0.15, -0.1) is 0 Å². The number of halogens is 3. The number of aryl methyl sites for hydroxylation is 1. The molecule has 0 aliphatic heterocycles. The lowest BCUT2D eigenvalue weighted by molar-refractivity contribution is -0.137. The zero-order valence-corrected chi connectivity index (χ0v) is 18.3. The Kier molecular flexibility index (Phi) is 6.63. The van der Waals surface area contributed by atoms with Gasteiger partial charge in [-0.3, -0.25) is 4.79 Å². The Balaban J connectivity index is 1.57. The number of alkyl halides is 3. The Labute approximate surface area is 194 Å². The van der Waals surface area contributed by atoms with Crippen LogP contribution in [0.1, 0.15) is 32.6 Å². The van der Waals surface area contributed by atoms with Crippen molar-refractivity contribution in [2.45, 2.75) is 19.7 Å². The average Bonchev–Trinajstić information content (AvgIpc) is 2.83. The number of nitrogens with zero attached hydrogens (tertiary/aromatic N) is 1. The second kappa shape index (κ2) is 9.79. The normalized spacial score (nSPS) is 11.6. The fourth-order valence-electron chi connectivity index (χ4n) is 3.44. The topological polar surface area (TPSA) is 50.7 Å². The first-order chi connectivity index (χ1) is 16.3. The molecule has 1 amide bonds. The summed E-state index contributed by atoms with van der Waals surface area (Å²) in [4.78, 5) is 12.4. The largest absolute Gasteiger partial charge is 0.488 e. The van der Waals surface area contributed by atoms with E-state index in [2.05, 4.69) is 10.5 Å². The standard InChI is InChI=1S/C27H21F3N2O2/c1-18-9-11-19(12-10-18)17-34-25-14-13-20-5-2-3-8-23(20)24(25)16-31-32-26(33)21-6-4-7-22(15-21)27(28,29)30/h2-16H,17H2,1H3,(H,32,33)/b31-16-. The first-order valence-corrected chi connectivity index (χ1v) is 10.5. The number of benzene rings is 4. The fourth-order valence-corrected chi connectivity index (χ4v) is 3.44. The molecule has 0 atom stereocenters. The second-order valence-corrected chi connectivity index (χ2v) is 7.75. The van der Waals surface area contributed by atoms with Crippen molar-refractivity contribution in [2.24, 2.45) is 5.10 Å². The molecule has 7 heteroatoms. The van der Waals surface area contributed by atoms with Crippen LogP contribution in [0.5, 0.6) is 5.75 Å². The summed E-state index contributed by atoms with van der Waals surface area (Å²) in [5, 5.41) is 5.82. The molecule has 0 heterocycles.